The van der Waals surface area contributed by atoms with E-state index in [2.05, 4.69) is 52.1 Å². The fourth-order valence-corrected chi connectivity index (χ4v) is 5.58. The number of fused-ring (bicyclic) bond motifs is 1. The van der Waals surface area contributed by atoms with Gasteiger partial charge in [0.2, 0.25) is 0 Å². The van der Waals surface area contributed by atoms with Crippen LogP contribution >= 0.6 is 0 Å². The summed E-state index contributed by atoms with van der Waals surface area (Å²) in [6.07, 6.45) is 8.50. The minimum Gasteiger partial charge on any atom is -0.377 e. The number of halogens is 1. The lowest BCUT2D eigenvalue weighted by Gasteiger charge is -2.23. The first kappa shape index (κ1) is 25.0. The zero-order chi connectivity index (χ0) is 29.6. The number of nitrogens with zero attached hydrogens (tertiary/aromatic N) is 5. The Morgan fingerprint density at radius 1 is 1.05 bits per heavy atom. The summed E-state index contributed by atoms with van der Waals surface area (Å²) in [4.78, 5) is 4.77. The van der Waals surface area contributed by atoms with E-state index in [1.54, 1.807) is 18.3 Å². The van der Waals surface area contributed by atoms with Gasteiger partial charge < -0.3 is 10.6 Å². The molecule has 7 rings (SSSR count). The molecule has 8 heteroatoms. The van der Waals surface area contributed by atoms with Crippen LogP contribution in [0, 0.1) is 17.1 Å². The molecule has 0 bridgehead atoms. The summed E-state index contributed by atoms with van der Waals surface area (Å²) in [5, 5.41) is 26.8. The van der Waals surface area contributed by atoms with Gasteiger partial charge in [0.15, 0.2) is 0 Å². The number of nitrogens with one attached hydrogen (secondary N) is 2. The van der Waals surface area contributed by atoms with Gasteiger partial charge in [0.25, 0.3) is 0 Å². The smallest absolute Gasteiger partial charge is 0.123 e. The van der Waals surface area contributed by atoms with Crippen LogP contribution in [0.4, 0.5) is 15.8 Å². The topological polar surface area (TPSA) is 91.5 Å². The van der Waals surface area contributed by atoms with Crippen LogP contribution in [0.3, 0.4) is 0 Å². The molecule has 5 aromatic rings. The van der Waals surface area contributed by atoms with Crippen LogP contribution in [-0.2, 0) is 0 Å². The van der Waals surface area contributed by atoms with E-state index in [1.807, 2.05) is 35.1 Å². The van der Waals surface area contributed by atoms with E-state index in [-0.39, 0.29) is 11.9 Å². The molecule has 2 atom stereocenters. The van der Waals surface area contributed by atoms with Gasteiger partial charge in [0.1, 0.15) is 17.6 Å². The zero-order valence-corrected chi connectivity index (χ0v) is 23.4. The Bertz CT molecular complexity index is 1820. The molecule has 42 heavy (non-hydrogen) atoms. The summed E-state index contributed by atoms with van der Waals surface area (Å²) in [6.45, 7) is 2.12. The molecule has 210 valence electrons. The Balaban J connectivity index is 1.37. The fraction of sp³-hybridized carbons (Fsp3) is 0.294. The summed E-state index contributed by atoms with van der Waals surface area (Å²) in [5.41, 5.74) is 5.93. The molecule has 0 saturated heterocycles. The Morgan fingerprint density at radius 2 is 1.83 bits per heavy atom. The van der Waals surface area contributed by atoms with Crippen LogP contribution in [0.2, 0.25) is 0 Å². The number of benzene rings is 3. The van der Waals surface area contributed by atoms with Crippen LogP contribution in [0.25, 0.3) is 10.9 Å². The average Bonchev–Trinajstić information content (AvgIpc) is 3.98. The third kappa shape index (κ3) is 5.18. The molecule has 0 amide bonds. The highest BCUT2D eigenvalue weighted by molar-refractivity contribution is 5.98. The van der Waals surface area contributed by atoms with E-state index in [0.29, 0.717) is 34.5 Å². The second-order valence-corrected chi connectivity index (χ2v) is 11.2. The first-order valence-corrected chi connectivity index (χ1v) is 14.6. The van der Waals surface area contributed by atoms with Crippen molar-refractivity contribution in [1.82, 2.24) is 20.0 Å². The predicted octanol–water partition coefficient (Wildman–Crippen LogP) is 7.81. The van der Waals surface area contributed by atoms with Crippen molar-refractivity contribution in [3.05, 3.63) is 113 Å². The maximum atomic E-state index is 14.0. The molecular formula is C34H32FN7. The highest BCUT2D eigenvalue weighted by Gasteiger charge is 2.30. The number of hydrogen-bond donors (Lipinski definition) is 2. The molecule has 0 unspecified atom stereocenters. The molecule has 2 N–H and O–H groups in total. The highest BCUT2D eigenvalue weighted by Crippen LogP contribution is 2.46. The molecule has 0 aliphatic heterocycles. The van der Waals surface area contributed by atoms with Crippen LogP contribution < -0.4 is 10.6 Å². The number of aromatic nitrogens is 4. The Labute approximate surface area is 245 Å². The van der Waals surface area contributed by atoms with Crippen molar-refractivity contribution in [2.24, 2.45) is 0 Å². The fourth-order valence-electron chi connectivity index (χ4n) is 5.58. The Morgan fingerprint density at radius 3 is 2.52 bits per heavy atom. The maximum Gasteiger partial charge on any atom is 0.123 e. The summed E-state index contributed by atoms with van der Waals surface area (Å²) in [7, 11) is 0. The predicted molar refractivity (Wildman–Crippen MR) is 162 cm³/mol. The zero-order valence-electron chi connectivity index (χ0n) is 24.4. The SMILES string of the molecule is [2H][C@](Nc1cc(C2CC2)c2ncc(C#N)c(N[C@H](CC)c3ccccc3)c2c1)(c1ccc(F)cc1)c1cn(C2CC2)nn1. The normalized spacial score (nSPS) is 17.2. The van der Waals surface area contributed by atoms with Gasteiger partial charge in [-0.15, -0.1) is 5.10 Å². The average molecular weight is 559 g/mol. The van der Waals surface area contributed by atoms with Crippen molar-refractivity contribution in [1.29, 1.82) is 5.26 Å². The van der Waals surface area contributed by atoms with Crippen LogP contribution in [-0.4, -0.2) is 20.0 Å². The third-order valence-electron chi connectivity index (χ3n) is 8.16. The number of anilines is 2. The lowest BCUT2D eigenvalue weighted by molar-refractivity contribution is 0.610. The van der Waals surface area contributed by atoms with E-state index < -0.39 is 6.02 Å². The van der Waals surface area contributed by atoms with Crippen molar-refractivity contribution < 1.29 is 5.76 Å². The minimum atomic E-state index is -1.54. The van der Waals surface area contributed by atoms with Gasteiger partial charge in [-0.3, -0.25) is 4.98 Å². The maximum absolute atomic E-state index is 14.0. The summed E-state index contributed by atoms with van der Waals surface area (Å²) in [5.74, 6) is -0.0143. The van der Waals surface area contributed by atoms with Gasteiger partial charge in [-0.1, -0.05) is 54.6 Å². The molecule has 3 aromatic carbocycles. The van der Waals surface area contributed by atoms with Crippen LogP contribution in [0.15, 0.2) is 79.1 Å². The first-order chi connectivity index (χ1) is 21.0. The van der Waals surface area contributed by atoms with Crippen molar-refractivity contribution in [3.8, 4) is 6.07 Å². The van der Waals surface area contributed by atoms with Crippen molar-refractivity contribution in [3.63, 3.8) is 0 Å². The molecule has 2 heterocycles. The monoisotopic (exact) mass is 558 g/mol. The van der Waals surface area contributed by atoms with Crippen LogP contribution in [0.1, 0.15) is 92.4 Å². The first-order valence-electron chi connectivity index (χ1n) is 15.1. The van der Waals surface area contributed by atoms with Gasteiger partial charge in [-0.25, -0.2) is 9.07 Å². The number of rotatable bonds is 10. The largest absolute Gasteiger partial charge is 0.377 e. The molecular weight excluding hydrogens is 525 g/mol. The van der Waals surface area contributed by atoms with Gasteiger partial charge in [0, 0.05) is 17.3 Å². The molecule has 2 saturated carbocycles. The molecule has 7 nitrogen and oxygen atoms in total. The van der Waals surface area contributed by atoms with Crippen molar-refractivity contribution in [2.45, 2.75) is 63.0 Å². The summed E-state index contributed by atoms with van der Waals surface area (Å²) < 4.78 is 25.5. The Hall–Kier alpha value is -4.77. The van der Waals surface area contributed by atoms with E-state index in [4.69, 9.17) is 4.98 Å². The van der Waals surface area contributed by atoms with Gasteiger partial charge in [-0.2, -0.15) is 5.26 Å². The van der Waals surface area contributed by atoms with Crippen molar-refractivity contribution >= 4 is 22.3 Å². The van der Waals surface area contributed by atoms with E-state index in [0.717, 1.165) is 59.8 Å². The molecule has 2 aliphatic rings. The highest BCUT2D eigenvalue weighted by atomic mass is 19.1. The number of hydrogen-bond acceptors (Lipinski definition) is 6. The quantitative estimate of drug-likeness (QED) is 0.182. The molecule has 0 radical (unpaired) electrons. The summed E-state index contributed by atoms with van der Waals surface area (Å²) >= 11 is 0. The number of nitriles is 1. The minimum absolute atomic E-state index is 0.00756. The standard InChI is InChI=1S/C34H32FN7/c1-2-30(22-6-4-3-5-7-22)39-32-24(18-36)19-37-34-28(21-8-9-21)16-26(17-29(32)34)38-33(23-10-12-25(35)13-11-23)31-20-42(41-40-31)27-14-15-27/h3-7,10-13,16-17,19-21,27,30,33,38H,2,8-9,14-15H2,1H3,(H,37,39)/t30-,33+/m1/s1/i33D. The third-order valence-corrected chi connectivity index (χ3v) is 8.16. The molecule has 2 aliphatic carbocycles. The second kappa shape index (κ2) is 10.9. The molecule has 2 aromatic heterocycles. The summed E-state index contributed by atoms with van der Waals surface area (Å²) in [6, 6.07) is 21.3. The van der Waals surface area contributed by atoms with Gasteiger partial charge in [-0.05, 0) is 79.0 Å². The Kier molecular flexibility index (Phi) is 6.48. The van der Waals surface area contributed by atoms with Crippen molar-refractivity contribution in [2.75, 3.05) is 10.6 Å². The van der Waals surface area contributed by atoms with E-state index >= 15 is 0 Å². The molecule has 0 spiro atoms. The van der Waals surface area contributed by atoms with E-state index in [1.165, 1.54) is 12.1 Å². The van der Waals surface area contributed by atoms with Gasteiger partial charge in [0.05, 0.1) is 42.4 Å². The second-order valence-electron chi connectivity index (χ2n) is 11.2. The molecule has 2 fully saturated rings. The lowest BCUT2D eigenvalue weighted by Crippen LogP contribution is -2.14. The van der Waals surface area contributed by atoms with Gasteiger partial charge >= 0.3 is 0 Å². The lowest BCUT2D eigenvalue weighted by atomic mass is 9.98. The number of pyridine rings is 1. The van der Waals surface area contributed by atoms with E-state index in [9.17, 15) is 11.0 Å². The van der Waals surface area contributed by atoms with Crippen LogP contribution in [0.5, 0.6) is 0 Å².